The van der Waals surface area contributed by atoms with E-state index < -0.39 is 23.3 Å². The molecule has 1 unspecified atom stereocenters. The second-order valence-electron chi connectivity index (χ2n) is 9.45. The summed E-state index contributed by atoms with van der Waals surface area (Å²) >= 11 is 0. The standard InChI is InChI=1S/C25H26F3N5O2/c1-31(2)23(35)21-14-24(7-11-32(12-8-24)22(34)17-5-9-30-10-6-17)16-33(21)19-4-3-18(15-29)20(13-19)25(26,27)28/h3-6,9-10,13,21H,7-8,11-12,14,16H2,1-2H3. The summed E-state index contributed by atoms with van der Waals surface area (Å²) in [5.74, 6) is -0.269. The van der Waals surface area contributed by atoms with Crippen LogP contribution in [-0.4, -0.2) is 66.4 Å². The van der Waals surface area contributed by atoms with E-state index in [1.165, 1.54) is 11.0 Å². The second-order valence-corrected chi connectivity index (χ2v) is 9.45. The minimum Gasteiger partial charge on any atom is -0.359 e. The van der Waals surface area contributed by atoms with Gasteiger partial charge in [0.2, 0.25) is 5.91 Å². The van der Waals surface area contributed by atoms with E-state index in [0.717, 1.165) is 12.1 Å². The van der Waals surface area contributed by atoms with Gasteiger partial charge in [-0.3, -0.25) is 14.6 Å². The number of halogens is 3. The third-order valence-electron chi connectivity index (χ3n) is 7.03. The number of carbonyl (C=O) groups excluding carboxylic acids is 2. The van der Waals surface area contributed by atoms with Crippen LogP contribution in [-0.2, 0) is 11.0 Å². The van der Waals surface area contributed by atoms with Gasteiger partial charge in [0.25, 0.3) is 5.91 Å². The molecule has 1 aromatic carbocycles. The van der Waals surface area contributed by atoms with E-state index in [0.29, 0.717) is 44.5 Å². The van der Waals surface area contributed by atoms with E-state index in [9.17, 15) is 22.8 Å². The number of likely N-dealkylation sites (tertiary alicyclic amines) is 1. The average molecular weight is 486 g/mol. The Bertz CT molecular complexity index is 1150. The Hall–Kier alpha value is -3.61. The van der Waals surface area contributed by atoms with Crippen molar-refractivity contribution in [2.45, 2.75) is 31.5 Å². The van der Waals surface area contributed by atoms with Crippen LogP contribution in [0.4, 0.5) is 18.9 Å². The highest BCUT2D eigenvalue weighted by Gasteiger charge is 2.49. The van der Waals surface area contributed by atoms with Crippen LogP contribution in [0.25, 0.3) is 0 Å². The molecule has 7 nitrogen and oxygen atoms in total. The summed E-state index contributed by atoms with van der Waals surface area (Å²) < 4.78 is 40.8. The van der Waals surface area contributed by atoms with Gasteiger partial charge in [0.15, 0.2) is 0 Å². The molecule has 2 amide bonds. The molecule has 2 saturated heterocycles. The fourth-order valence-corrected chi connectivity index (χ4v) is 5.11. The lowest BCUT2D eigenvalue weighted by molar-refractivity contribution is -0.137. The molecule has 3 heterocycles. The van der Waals surface area contributed by atoms with Crippen molar-refractivity contribution in [2.24, 2.45) is 5.41 Å². The van der Waals surface area contributed by atoms with Gasteiger partial charge in [-0.15, -0.1) is 0 Å². The highest BCUT2D eigenvalue weighted by Crippen LogP contribution is 2.46. The van der Waals surface area contributed by atoms with Crippen molar-refractivity contribution < 1.29 is 22.8 Å². The van der Waals surface area contributed by atoms with Crippen molar-refractivity contribution >= 4 is 17.5 Å². The topological polar surface area (TPSA) is 80.5 Å². The molecule has 2 aliphatic heterocycles. The van der Waals surface area contributed by atoms with Crippen molar-refractivity contribution in [3.05, 3.63) is 59.4 Å². The Morgan fingerprint density at radius 3 is 2.37 bits per heavy atom. The van der Waals surface area contributed by atoms with Crippen molar-refractivity contribution in [1.29, 1.82) is 5.26 Å². The first-order valence-corrected chi connectivity index (χ1v) is 11.3. The molecule has 2 aromatic rings. The number of hydrogen-bond donors (Lipinski definition) is 0. The van der Waals surface area contributed by atoms with E-state index in [2.05, 4.69) is 4.98 Å². The fourth-order valence-electron chi connectivity index (χ4n) is 5.11. The van der Waals surface area contributed by atoms with Gasteiger partial charge in [0.1, 0.15) is 6.04 Å². The quantitative estimate of drug-likeness (QED) is 0.664. The maximum absolute atomic E-state index is 13.6. The van der Waals surface area contributed by atoms with Crippen molar-refractivity contribution in [3.63, 3.8) is 0 Å². The van der Waals surface area contributed by atoms with E-state index in [-0.39, 0.29) is 22.9 Å². The van der Waals surface area contributed by atoms with E-state index in [4.69, 9.17) is 5.26 Å². The van der Waals surface area contributed by atoms with Crippen molar-refractivity contribution in [2.75, 3.05) is 38.6 Å². The van der Waals surface area contributed by atoms with Gasteiger partial charge in [-0.05, 0) is 55.0 Å². The van der Waals surface area contributed by atoms with Gasteiger partial charge in [0.05, 0.1) is 17.2 Å². The number of likely N-dealkylation sites (N-methyl/N-ethyl adjacent to an activating group) is 1. The lowest BCUT2D eigenvalue weighted by atomic mass is 9.76. The molecular weight excluding hydrogens is 459 g/mol. The first kappa shape index (κ1) is 24.5. The number of carbonyl (C=O) groups is 2. The lowest BCUT2D eigenvalue weighted by Gasteiger charge is -2.39. The van der Waals surface area contributed by atoms with Gasteiger partial charge in [-0.1, -0.05) is 0 Å². The molecule has 1 aromatic heterocycles. The molecule has 1 atom stereocenters. The van der Waals surface area contributed by atoms with Crippen molar-refractivity contribution in [1.82, 2.24) is 14.8 Å². The molecule has 0 radical (unpaired) electrons. The number of rotatable bonds is 3. The summed E-state index contributed by atoms with van der Waals surface area (Å²) in [7, 11) is 3.25. The largest absolute Gasteiger partial charge is 0.417 e. The van der Waals surface area contributed by atoms with Crippen LogP contribution in [0.5, 0.6) is 0 Å². The number of anilines is 1. The Kier molecular flexibility index (Phi) is 6.45. The van der Waals surface area contributed by atoms with Crippen LogP contribution < -0.4 is 4.90 Å². The van der Waals surface area contributed by atoms with Gasteiger partial charge in [-0.2, -0.15) is 18.4 Å². The highest BCUT2D eigenvalue weighted by molar-refractivity contribution is 5.94. The Morgan fingerprint density at radius 2 is 1.80 bits per heavy atom. The second kappa shape index (κ2) is 9.21. The zero-order chi connectivity index (χ0) is 25.4. The Labute approximate surface area is 201 Å². The van der Waals surface area contributed by atoms with E-state index in [1.54, 1.807) is 54.5 Å². The molecule has 0 saturated carbocycles. The van der Waals surface area contributed by atoms with Crippen LogP contribution in [0, 0.1) is 16.7 Å². The van der Waals surface area contributed by atoms with Crippen molar-refractivity contribution in [3.8, 4) is 6.07 Å². The monoisotopic (exact) mass is 485 g/mol. The predicted molar refractivity (Wildman–Crippen MR) is 122 cm³/mol. The number of aromatic nitrogens is 1. The molecule has 2 fully saturated rings. The number of alkyl halides is 3. The third-order valence-corrected chi connectivity index (χ3v) is 7.03. The van der Waals surface area contributed by atoms with Gasteiger partial charge in [-0.25, -0.2) is 0 Å². The van der Waals surface area contributed by atoms with Crippen LogP contribution in [0.15, 0.2) is 42.7 Å². The lowest BCUT2D eigenvalue weighted by Crippen LogP contribution is -2.44. The average Bonchev–Trinajstić information content (AvgIpc) is 3.22. The third kappa shape index (κ3) is 4.81. The maximum Gasteiger partial charge on any atom is 0.417 e. The maximum atomic E-state index is 13.6. The Morgan fingerprint density at radius 1 is 1.14 bits per heavy atom. The number of nitrogens with zero attached hydrogens (tertiary/aromatic N) is 5. The number of piperidine rings is 1. The van der Waals surface area contributed by atoms with Gasteiger partial charge < -0.3 is 14.7 Å². The van der Waals surface area contributed by atoms with Crippen LogP contribution >= 0.6 is 0 Å². The molecule has 0 N–H and O–H groups in total. The number of nitriles is 1. The normalized spacial score (nSPS) is 19.5. The van der Waals surface area contributed by atoms with Gasteiger partial charge in [0, 0.05) is 57.4 Å². The minimum absolute atomic E-state index is 0.0834. The molecular formula is C25H26F3N5O2. The Balaban J connectivity index is 1.60. The molecule has 1 spiro atoms. The molecule has 2 aliphatic rings. The summed E-state index contributed by atoms with van der Waals surface area (Å²) in [4.78, 5) is 34.8. The van der Waals surface area contributed by atoms with Crippen LogP contribution in [0.3, 0.4) is 0 Å². The zero-order valence-corrected chi connectivity index (χ0v) is 19.5. The molecule has 10 heteroatoms. The molecule has 4 rings (SSSR count). The highest BCUT2D eigenvalue weighted by atomic mass is 19.4. The first-order chi connectivity index (χ1) is 16.5. The summed E-state index contributed by atoms with van der Waals surface area (Å²) in [6, 6.07) is 7.92. The molecule has 35 heavy (non-hydrogen) atoms. The number of pyridine rings is 1. The SMILES string of the molecule is CN(C)C(=O)C1CC2(CCN(C(=O)c3ccncc3)CC2)CN1c1ccc(C#N)c(C(F)(F)F)c1. The molecule has 0 bridgehead atoms. The number of amides is 2. The number of hydrogen-bond acceptors (Lipinski definition) is 5. The summed E-state index contributed by atoms with van der Waals surface area (Å²) in [6.45, 7) is 1.40. The van der Waals surface area contributed by atoms with E-state index >= 15 is 0 Å². The van der Waals surface area contributed by atoms with Crippen LogP contribution in [0.1, 0.15) is 40.7 Å². The van der Waals surface area contributed by atoms with Gasteiger partial charge >= 0.3 is 6.18 Å². The summed E-state index contributed by atoms with van der Waals surface area (Å²) in [6.07, 6.45) is 0.219. The predicted octanol–water partition coefficient (Wildman–Crippen LogP) is 3.56. The van der Waals surface area contributed by atoms with Crippen LogP contribution in [0.2, 0.25) is 0 Å². The summed E-state index contributed by atoms with van der Waals surface area (Å²) in [5, 5.41) is 9.14. The van der Waals surface area contributed by atoms with E-state index in [1.807, 2.05) is 0 Å². The smallest absolute Gasteiger partial charge is 0.359 e. The number of benzene rings is 1. The zero-order valence-electron chi connectivity index (χ0n) is 19.5. The molecule has 184 valence electrons. The minimum atomic E-state index is -4.68. The summed E-state index contributed by atoms with van der Waals surface area (Å²) in [5.41, 5.74) is -0.941. The molecule has 0 aliphatic carbocycles. The fraction of sp³-hybridized carbons (Fsp3) is 0.440. The first-order valence-electron chi connectivity index (χ1n) is 11.3.